The summed E-state index contributed by atoms with van der Waals surface area (Å²) in [7, 11) is 0. The van der Waals surface area contributed by atoms with E-state index in [0.717, 1.165) is 18.4 Å². The Morgan fingerprint density at radius 3 is 2.76 bits per heavy atom. The van der Waals surface area contributed by atoms with Crippen LogP contribution in [-0.2, 0) is 9.63 Å². The summed E-state index contributed by atoms with van der Waals surface area (Å²) in [5.41, 5.74) is 0.835. The van der Waals surface area contributed by atoms with Crippen LogP contribution in [0, 0.1) is 5.41 Å². The van der Waals surface area contributed by atoms with E-state index in [4.69, 9.17) is 4.84 Å². The molecule has 0 saturated heterocycles. The highest BCUT2D eigenvalue weighted by Gasteiger charge is 2.45. The maximum Gasteiger partial charge on any atom is 0.240 e. The third-order valence-electron chi connectivity index (χ3n) is 3.57. The standard InChI is InChI=1S/C16H23N3O2/c1-5-10-19-14-12(8-7-9-17-14)13(18-21-11-6-2)16(3,4)15(19)20/h7-9H,5-6,10-11H2,1-4H3. The Balaban J connectivity index is 2.52. The molecular formula is C16H23N3O2. The first-order chi connectivity index (χ1) is 10.0. The SMILES string of the molecule is CCCON=C1c2cccnc2N(CCC)C(=O)C1(C)C. The minimum absolute atomic E-state index is 0.0226. The van der Waals surface area contributed by atoms with Crippen molar-refractivity contribution in [3.05, 3.63) is 23.9 Å². The van der Waals surface area contributed by atoms with Gasteiger partial charge in [0, 0.05) is 18.3 Å². The zero-order valence-corrected chi connectivity index (χ0v) is 13.2. The highest BCUT2D eigenvalue weighted by molar-refractivity contribution is 6.25. The van der Waals surface area contributed by atoms with Crippen molar-refractivity contribution in [2.75, 3.05) is 18.1 Å². The number of amides is 1. The summed E-state index contributed by atoms with van der Waals surface area (Å²) in [6.07, 6.45) is 3.47. The maximum absolute atomic E-state index is 12.8. The van der Waals surface area contributed by atoms with Crippen LogP contribution in [-0.4, -0.2) is 29.8 Å². The number of hydrogen-bond acceptors (Lipinski definition) is 4. The van der Waals surface area contributed by atoms with Crippen LogP contribution in [0.3, 0.4) is 0 Å². The van der Waals surface area contributed by atoms with Crippen molar-refractivity contribution >= 4 is 17.4 Å². The molecule has 0 atom stereocenters. The van der Waals surface area contributed by atoms with E-state index in [1.807, 2.05) is 32.9 Å². The molecule has 1 aromatic rings. The van der Waals surface area contributed by atoms with Gasteiger partial charge in [-0.15, -0.1) is 0 Å². The smallest absolute Gasteiger partial charge is 0.240 e. The molecule has 2 rings (SSSR count). The van der Waals surface area contributed by atoms with E-state index in [1.54, 1.807) is 11.1 Å². The van der Waals surface area contributed by atoms with Gasteiger partial charge in [0.25, 0.3) is 0 Å². The molecule has 2 heterocycles. The highest BCUT2D eigenvalue weighted by Crippen LogP contribution is 2.36. The predicted octanol–water partition coefficient (Wildman–Crippen LogP) is 3.00. The summed E-state index contributed by atoms with van der Waals surface area (Å²) in [5.74, 6) is 0.705. The van der Waals surface area contributed by atoms with Crippen molar-refractivity contribution in [1.29, 1.82) is 0 Å². The molecular weight excluding hydrogens is 266 g/mol. The molecule has 0 aliphatic carbocycles. The van der Waals surface area contributed by atoms with E-state index < -0.39 is 5.41 Å². The monoisotopic (exact) mass is 289 g/mol. The zero-order chi connectivity index (χ0) is 15.5. The maximum atomic E-state index is 12.8. The Kier molecular flexibility index (Phi) is 4.60. The molecule has 1 aromatic heterocycles. The van der Waals surface area contributed by atoms with Gasteiger partial charge in [0.1, 0.15) is 18.1 Å². The summed E-state index contributed by atoms with van der Waals surface area (Å²) in [6.45, 7) is 9.06. The van der Waals surface area contributed by atoms with Gasteiger partial charge in [-0.2, -0.15) is 0 Å². The number of aromatic nitrogens is 1. The number of carbonyl (C=O) groups is 1. The third kappa shape index (κ3) is 2.77. The first-order valence-electron chi connectivity index (χ1n) is 7.51. The average molecular weight is 289 g/mol. The van der Waals surface area contributed by atoms with Crippen LogP contribution in [0.25, 0.3) is 0 Å². The van der Waals surface area contributed by atoms with E-state index in [2.05, 4.69) is 17.1 Å². The van der Waals surface area contributed by atoms with Crippen molar-refractivity contribution in [3.63, 3.8) is 0 Å². The summed E-state index contributed by atoms with van der Waals surface area (Å²) < 4.78 is 0. The molecule has 0 aromatic carbocycles. The third-order valence-corrected chi connectivity index (χ3v) is 3.57. The largest absolute Gasteiger partial charge is 0.396 e. The lowest BCUT2D eigenvalue weighted by molar-refractivity contribution is -0.124. The number of pyridine rings is 1. The van der Waals surface area contributed by atoms with Gasteiger partial charge in [-0.25, -0.2) is 4.98 Å². The Bertz CT molecular complexity index is 552. The molecule has 1 aliphatic rings. The number of fused-ring (bicyclic) bond motifs is 1. The first kappa shape index (κ1) is 15.5. The van der Waals surface area contributed by atoms with Crippen molar-refractivity contribution in [2.45, 2.75) is 40.5 Å². The first-order valence-corrected chi connectivity index (χ1v) is 7.51. The van der Waals surface area contributed by atoms with Gasteiger partial charge in [-0.3, -0.25) is 9.69 Å². The summed E-state index contributed by atoms with van der Waals surface area (Å²) in [4.78, 5) is 24.3. The second kappa shape index (κ2) is 6.24. The number of carbonyl (C=O) groups excluding carboxylic acids is 1. The van der Waals surface area contributed by atoms with Crippen molar-refractivity contribution in [2.24, 2.45) is 10.6 Å². The molecule has 5 nitrogen and oxygen atoms in total. The predicted molar refractivity (Wildman–Crippen MR) is 83.4 cm³/mol. The Morgan fingerprint density at radius 1 is 1.33 bits per heavy atom. The number of hydrogen-bond donors (Lipinski definition) is 0. The molecule has 1 amide bonds. The second-order valence-corrected chi connectivity index (χ2v) is 5.73. The van der Waals surface area contributed by atoms with Gasteiger partial charge in [-0.1, -0.05) is 19.0 Å². The Morgan fingerprint density at radius 2 is 2.10 bits per heavy atom. The lowest BCUT2D eigenvalue weighted by atomic mass is 9.79. The molecule has 0 N–H and O–H groups in total. The topological polar surface area (TPSA) is 54.8 Å². The van der Waals surface area contributed by atoms with Crippen molar-refractivity contribution in [3.8, 4) is 0 Å². The second-order valence-electron chi connectivity index (χ2n) is 5.73. The lowest BCUT2D eigenvalue weighted by Gasteiger charge is -2.38. The van der Waals surface area contributed by atoms with Crippen LogP contribution in [0.4, 0.5) is 5.82 Å². The van der Waals surface area contributed by atoms with Crippen LogP contribution >= 0.6 is 0 Å². The van der Waals surface area contributed by atoms with Gasteiger partial charge >= 0.3 is 0 Å². The lowest BCUT2D eigenvalue weighted by Crippen LogP contribution is -2.51. The van der Waals surface area contributed by atoms with Gasteiger partial charge in [-0.05, 0) is 38.8 Å². The van der Waals surface area contributed by atoms with E-state index in [1.165, 1.54) is 0 Å². The van der Waals surface area contributed by atoms with Crippen LogP contribution in [0.1, 0.15) is 46.1 Å². The van der Waals surface area contributed by atoms with E-state index in [-0.39, 0.29) is 5.91 Å². The molecule has 0 saturated carbocycles. The molecule has 0 unspecified atom stereocenters. The summed E-state index contributed by atoms with van der Waals surface area (Å²) >= 11 is 0. The van der Waals surface area contributed by atoms with Crippen LogP contribution in [0.5, 0.6) is 0 Å². The van der Waals surface area contributed by atoms with E-state index in [0.29, 0.717) is 24.7 Å². The minimum atomic E-state index is -0.709. The molecule has 0 spiro atoms. The molecule has 21 heavy (non-hydrogen) atoms. The van der Waals surface area contributed by atoms with Crippen molar-refractivity contribution < 1.29 is 9.63 Å². The highest BCUT2D eigenvalue weighted by atomic mass is 16.6. The Labute approximate surface area is 126 Å². The molecule has 114 valence electrons. The van der Waals surface area contributed by atoms with Crippen LogP contribution in [0.15, 0.2) is 23.5 Å². The Hall–Kier alpha value is -1.91. The van der Waals surface area contributed by atoms with Gasteiger partial charge in [0.05, 0.1) is 5.41 Å². The van der Waals surface area contributed by atoms with Crippen LogP contribution in [0.2, 0.25) is 0 Å². The number of oxime groups is 1. The van der Waals surface area contributed by atoms with Crippen LogP contribution < -0.4 is 4.90 Å². The number of anilines is 1. The molecule has 0 bridgehead atoms. The number of rotatable bonds is 5. The normalized spacial score (nSPS) is 18.8. The van der Waals surface area contributed by atoms with E-state index in [9.17, 15) is 4.79 Å². The fourth-order valence-electron chi connectivity index (χ4n) is 2.46. The van der Waals surface area contributed by atoms with Crippen molar-refractivity contribution in [1.82, 2.24) is 4.98 Å². The fraction of sp³-hybridized carbons (Fsp3) is 0.562. The molecule has 5 heteroatoms. The average Bonchev–Trinajstić information content (AvgIpc) is 2.47. The van der Waals surface area contributed by atoms with Gasteiger partial charge in [0.15, 0.2) is 0 Å². The van der Waals surface area contributed by atoms with Gasteiger partial charge < -0.3 is 4.84 Å². The summed E-state index contributed by atoms with van der Waals surface area (Å²) in [6, 6.07) is 3.82. The van der Waals surface area contributed by atoms with Gasteiger partial charge in [0.2, 0.25) is 5.91 Å². The zero-order valence-electron chi connectivity index (χ0n) is 13.2. The minimum Gasteiger partial charge on any atom is -0.396 e. The quantitative estimate of drug-likeness (QED) is 0.618. The molecule has 1 aliphatic heterocycles. The molecule has 0 radical (unpaired) electrons. The summed E-state index contributed by atoms with van der Waals surface area (Å²) in [5, 5.41) is 4.24. The van der Waals surface area contributed by atoms with E-state index >= 15 is 0 Å². The number of nitrogens with zero attached hydrogens (tertiary/aromatic N) is 3. The fourth-order valence-corrected chi connectivity index (χ4v) is 2.46. The molecule has 0 fully saturated rings.